The monoisotopic (exact) mass is 448 g/mol. The summed E-state index contributed by atoms with van der Waals surface area (Å²) in [5.41, 5.74) is 1.88. The van der Waals surface area contributed by atoms with Crippen molar-refractivity contribution >= 4 is 33.3 Å². The van der Waals surface area contributed by atoms with Gasteiger partial charge in [0.05, 0.1) is 10.2 Å². The number of nitrogens with zero attached hydrogens (tertiary/aromatic N) is 2. The molecule has 2 N–H and O–H groups in total. The molecule has 2 aromatic rings. The van der Waals surface area contributed by atoms with Gasteiger partial charge in [-0.05, 0) is 54.0 Å². The average Bonchev–Trinajstić information content (AvgIpc) is 2.86. The van der Waals surface area contributed by atoms with Crippen molar-refractivity contribution in [3.05, 3.63) is 51.3 Å². The molecule has 0 amide bonds. The second-order valence-electron chi connectivity index (χ2n) is 5.92. The van der Waals surface area contributed by atoms with Gasteiger partial charge in [-0.3, -0.25) is 4.68 Å². The van der Waals surface area contributed by atoms with E-state index in [-0.39, 0.29) is 4.47 Å². The molecule has 0 aliphatic heterocycles. The van der Waals surface area contributed by atoms with E-state index in [9.17, 15) is 13.2 Å². The summed E-state index contributed by atoms with van der Waals surface area (Å²) in [4.78, 5) is 0. The van der Waals surface area contributed by atoms with Crippen molar-refractivity contribution in [1.29, 1.82) is 0 Å². The van der Waals surface area contributed by atoms with Crippen LogP contribution in [0.1, 0.15) is 28.9 Å². The zero-order chi connectivity index (χ0) is 19.3. The minimum absolute atomic E-state index is 0.00626. The van der Waals surface area contributed by atoms with Crippen LogP contribution in [0.2, 0.25) is 0 Å². The molecular formula is C17H20BrF3N4S. The van der Waals surface area contributed by atoms with Crippen LogP contribution < -0.4 is 10.6 Å². The molecule has 0 saturated carbocycles. The van der Waals surface area contributed by atoms with E-state index >= 15 is 0 Å². The molecule has 0 aliphatic carbocycles. The third kappa shape index (κ3) is 5.70. The van der Waals surface area contributed by atoms with Gasteiger partial charge < -0.3 is 10.6 Å². The van der Waals surface area contributed by atoms with Gasteiger partial charge in [0, 0.05) is 19.6 Å². The highest BCUT2D eigenvalue weighted by atomic mass is 79.9. The number of aromatic nitrogens is 2. The van der Waals surface area contributed by atoms with Gasteiger partial charge in [0.25, 0.3) is 0 Å². The number of thiocarbonyl (C=S) groups is 1. The highest BCUT2D eigenvalue weighted by molar-refractivity contribution is 9.10. The van der Waals surface area contributed by atoms with E-state index in [1.54, 1.807) is 6.92 Å². The van der Waals surface area contributed by atoms with Crippen molar-refractivity contribution in [2.75, 3.05) is 6.54 Å². The van der Waals surface area contributed by atoms with Crippen LogP contribution in [-0.2, 0) is 19.3 Å². The molecule has 0 fully saturated rings. The summed E-state index contributed by atoms with van der Waals surface area (Å²) in [5.74, 6) is 0. The molecule has 4 nitrogen and oxygen atoms in total. The molecule has 0 radical (unpaired) electrons. The molecule has 0 unspecified atom stereocenters. The third-order valence-electron chi connectivity index (χ3n) is 3.81. The van der Waals surface area contributed by atoms with Gasteiger partial charge in [0.2, 0.25) is 0 Å². The summed E-state index contributed by atoms with van der Waals surface area (Å²) in [7, 11) is 0. The fraction of sp³-hybridized carbons (Fsp3) is 0.412. The fourth-order valence-electron chi connectivity index (χ4n) is 2.30. The molecule has 0 bridgehead atoms. The Labute approximate surface area is 164 Å². The van der Waals surface area contributed by atoms with E-state index in [4.69, 9.17) is 12.2 Å². The SMILES string of the molecule is Cc1ccc(CNC(=S)NCCCn2nc(C(F)(F)F)c(Br)c2C)cc1. The molecule has 2 rings (SSSR count). The predicted molar refractivity (Wildman–Crippen MR) is 103 cm³/mol. The Morgan fingerprint density at radius 2 is 1.85 bits per heavy atom. The number of rotatable bonds is 6. The lowest BCUT2D eigenvalue weighted by Crippen LogP contribution is -2.35. The van der Waals surface area contributed by atoms with Crippen LogP contribution in [0.25, 0.3) is 0 Å². The number of hydrogen-bond acceptors (Lipinski definition) is 2. The summed E-state index contributed by atoms with van der Waals surface area (Å²) >= 11 is 8.17. The van der Waals surface area contributed by atoms with Crippen molar-refractivity contribution in [2.45, 2.75) is 39.5 Å². The van der Waals surface area contributed by atoms with E-state index in [1.165, 1.54) is 10.2 Å². The molecule has 1 heterocycles. The lowest BCUT2D eigenvalue weighted by molar-refractivity contribution is -0.142. The van der Waals surface area contributed by atoms with Gasteiger partial charge in [-0.1, -0.05) is 29.8 Å². The Kier molecular flexibility index (Phi) is 7.05. The summed E-state index contributed by atoms with van der Waals surface area (Å²) in [6, 6.07) is 8.13. The molecule has 9 heteroatoms. The summed E-state index contributed by atoms with van der Waals surface area (Å²) in [6.45, 7) is 5.16. The molecule has 1 aromatic heterocycles. The Balaban J connectivity index is 1.75. The quantitative estimate of drug-likeness (QED) is 0.509. The van der Waals surface area contributed by atoms with Crippen LogP contribution >= 0.6 is 28.1 Å². The molecular weight excluding hydrogens is 429 g/mol. The Morgan fingerprint density at radius 3 is 2.42 bits per heavy atom. The number of halogens is 4. The van der Waals surface area contributed by atoms with E-state index in [1.807, 2.05) is 31.2 Å². The van der Waals surface area contributed by atoms with Crippen LogP contribution in [0, 0.1) is 13.8 Å². The van der Waals surface area contributed by atoms with E-state index in [0.717, 1.165) is 5.56 Å². The maximum absolute atomic E-state index is 12.8. The molecule has 142 valence electrons. The lowest BCUT2D eigenvalue weighted by atomic mass is 10.1. The van der Waals surface area contributed by atoms with Gasteiger partial charge in [0.1, 0.15) is 0 Å². The largest absolute Gasteiger partial charge is 0.436 e. The minimum Gasteiger partial charge on any atom is -0.363 e. The third-order valence-corrected chi connectivity index (χ3v) is 5.05. The van der Waals surface area contributed by atoms with Crippen LogP contribution in [0.4, 0.5) is 13.2 Å². The van der Waals surface area contributed by atoms with Crippen LogP contribution in [0.5, 0.6) is 0 Å². The first-order valence-corrected chi connectivity index (χ1v) is 9.26. The molecule has 26 heavy (non-hydrogen) atoms. The number of nitrogens with one attached hydrogen (secondary N) is 2. The summed E-state index contributed by atoms with van der Waals surface area (Å²) in [6.07, 6.45) is -3.87. The fourth-order valence-corrected chi connectivity index (χ4v) is 2.99. The molecule has 0 aliphatic rings. The number of benzene rings is 1. The predicted octanol–water partition coefficient (Wildman–Crippen LogP) is 4.34. The average molecular weight is 449 g/mol. The highest BCUT2D eigenvalue weighted by Crippen LogP contribution is 2.35. The second-order valence-corrected chi connectivity index (χ2v) is 7.12. The number of aryl methyl sites for hydroxylation is 2. The summed E-state index contributed by atoms with van der Waals surface area (Å²) in [5, 5.41) is 10.3. The van der Waals surface area contributed by atoms with E-state index < -0.39 is 11.9 Å². The Morgan fingerprint density at radius 1 is 1.19 bits per heavy atom. The van der Waals surface area contributed by atoms with Crippen molar-refractivity contribution in [2.24, 2.45) is 0 Å². The van der Waals surface area contributed by atoms with Gasteiger partial charge >= 0.3 is 6.18 Å². The van der Waals surface area contributed by atoms with Crippen molar-refractivity contribution < 1.29 is 13.2 Å². The normalized spacial score (nSPS) is 11.5. The van der Waals surface area contributed by atoms with Crippen molar-refractivity contribution in [1.82, 2.24) is 20.4 Å². The maximum atomic E-state index is 12.8. The van der Waals surface area contributed by atoms with Crippen LogP contribution in [-0.4, -0.2) is 21.4 Å². The smallest absolute Gasteiger partial charge is 0.363 e. The number of alkyl halides is 3. The molecule has 0 spiro atoms. The molecule has 0 saturated heterocycles. The lowest BCUT2D eigenvalue weighted by Gasteiger charge is -2.11. The standard InChI is InChI=1S/C17H20BrF3N4S/c1-11-4-6-13(7-5-11)10-23-16(26)22-8-3-9-25-12(2)14(18)15(24-25)17(19,20)21/h4-7H,3,8-10H2,1-2H3,(H2,22,23,26). The van der Waals surface area contributed by atoms with Crippen molar-refractivity contribution in [3.63, 3.8) is 0 Å². The molecule has 0 atom stereocenters. The van der Waals surface area contributed by atoms with Gasteiger partial charge in [-0.15, -0.1) is 0 Å². The second kappa shape index (κ2) is 8.85. The van der Waals surface area contributed by atoms with Crippen molar-refractivity contribution in [3.8, 4) is 0 Å². The van der Waals surface area contributed by atoms with E-state index in [2.05, 4.69) is 31.7 Å². The maximum Gasteiger partial charge on any atom is 0.436 e. The topological polar surface area (TPSA) is 41.9 Å². The Hall–Kier alpha value is -1.61. The van der Waals surface area contributed by atoms with Crippen LogP contribution in [0.15, 0.2) is 28.7 Å². The van der Waals surface area contributed by atoms with E-state index in [0.29, 0.717) is 36.9 Å². The first-order chi connectivity index (χ1) is 12.2. The highest BCUT2D eigenvalue weighted by Gasteiger charge is 2.37. The first kappa shape index (κ1) is 20.7. The van der Waals surface area contributed by atoms with Crippen LogP contribution in [0.3, 0.4) is 0 Å². The van der Waals surface area contributed by atoms with Gasteiger partial charge in [-0.2, -0.15) is 18.3 Å². The molecule has 1 aromatic carbocycles. The van der Waals surface area contributed by atoms with Gasteiger partial charge in [0.15, 0.2) is 10.8 Å². The zero-order valence-corrected chi connectivity index (χ0v) is 16.9. The minimum atomic E-state index is -4.46. The van der Waals surface area contributed by atoms with Gasteiger partial charge in [-0.25, -0.2) is 0 Å². The first-order valence-electron chi connectivity index (χ1n) is 8.06. The zero-order valence-electron chi connectivity index (χ0n) is 14.5. The Bertz CT molecular complexity index is 757. The summed E-state index contributed by atoms with van der Waals surface area (Å²) < 4.78 is 39.9. The number of hydrogen-bond donors (Lipinski definition) is 2.